The Morgan fingerprint density at radius 1 is 1.18 bits per heavy atom. The van der Waals surface area contributed by atoms with E-state index in [4.69, 9.17) is 14.2 Å². The number of carbonyl (C=O) groups excluding carboxylic acids is 2. The molecule has 3 aliphatic heterocycles. The normalized spacial score (nSPS) is 21.5. The van der Waals surface area contributed by atoms with Crippen molar-refractivity contribution < 1.29 is 32.2 Å². The first-order valence-corrected chi connectivity index (χ1v) is 12.5. The lowest BCUT2D eigenvalue weighted by Crippen LogP contribution is -2.45. The van der Waals surface area contributed by atoms with Crippen LogP contribution < -0.4 is 24.8 Å². The molecule has 11 heteroatoms. The molecule has 0 saturated carbocycles. The van der Waals surface area contributed by atoms with E-state index in [0.717, 1.165) is 5.56 Å². The molecule has 10 nitrogen and oxygen atoms in total. The molecule has 0 unspecified atom stereocenters. The summed E-state index contributed by atoms with van der Waals surface area (Å²) >= 11 is 0. The smallest absolute Gasteiger partial charge is 0.265 e. The lowest BCUT2D eigenvalue weighted by atomic mass is 10.1. The van der Waals surface area contributed by atoms with E-state index in [1.165, 1.54) is 10.4 Å². The number of nitrogens with one attached hydrogen (secondary N) is 2. The summed E-state index contributed by atoms with van der Waals surface area (Å²) in [5, 5.41) is 5.57. The minimum Gasteiger partial charge on any atom is -0.479 e. The van der Waals surface area contributed by atoms with E-state index in [1.807, 2.05) is 6.07 Å². The SMILES string of the molecule is Cc1cc2c(cc1S(=O)(=O)N1CCC[C@H]1C(=O)NCc1ccc3c(c1)OCO3)O[C@H](C)C(=O)N2. The molecule has 2 N–H and O–H groups in total. The van der Waals surface area contributed by atoms with E-state index in [1.54, 1.807) is 32.0 Å². The monoisotopic (exact) mass is 487 g/mol. The molecule has 2 atom stereocenters. The fourth-order valence-electron chi connectivity index (χ4n) is 4.39. The lowest BCUT2D eigenvalue weighted by Gasteiger charge is -2.27. The highest BCUT2D eigenvalue weighted by molar-refractivity contribution is 7.89. The van der Waals surface area contributed by atoms with Crippen molar-refractivity contribution >= 4 is 27.5 Å². The van der Waals surface area contributed by atoms with Crippen molar-refractivity contribution in [3.63, 3.8) is 0 Å². The first-order chi connectivity index (χ1) is 16.2. The first kappa shape index (κ1) is 22.5. The largest absolute Gasteiger partial charge is 0.479 e. The van der Waals surface area contributed by atoms with Crippen LogP contribution in [-0.4, -0.2) is 50.0 Å². The number of sulfonamides is 1. The molecular weight excluding hydrogens is 462 g/mol. The second kappa shape index (κ2) is 8.48. The minimum absolute atomic E-state index is 0.0602. The van der Waals surface area contributed by atoms with Crippen LogP contribution in [0.25, 0.3) is 0 Å². The molecule has 34 heavy (non-hydrogen) atoms. The quantitative estimate of drug-likeness (QED) is 0.660. The topological polar surface area (TPSA) is 123 Å². The number of fused-ring (bicyclic) bond motifs is 2. The lowest BCUT2D eigenvalue weighted by molar-refractivity contribution is -0.124. The van der Waals surface area contributed by atoms with Crippen LogP contribution in [0.3, 0.4) is 0 Å². The van der Waals surface area contributed by atoms with E-state index in [9.17, 15) is 18.0 Å². The molecule has 1 saturated heterocycles. The molecule has 2 aromatic carbocycles. The Morgan fingerprint density at radius 3 is 2.79 bits per heavy atom. The number of aryl methyl sites for hydroxylation is 1. The summed E-state index contributed by atoms with van der Waals surface area (Å²) < 4.78 is 44.7. The molecule has 5 rings (SSSR count). The number of hydrogen-bond acceptors (Lipinski definition) is 7. The van der Waals surface area contributed by atoms with Crippen molar-refractivity contribution in [3.05, 3.63) is 41.5 Å². The first-order valence-electron chi connectivity index (χ1n) is 11.0. The Labute approximate surface area is 197 Å². The minimum atomic E-state index is -3.98. The third-order valence-corrected chi connectivity index (χ3v) is 8.25. The maximum absolute atomic E-state index is 13.6. The Bertz CT molecular complexity index is 1280. The third-order valence-electron chi connectivity index (χ3n) is 6.20. The van der Waals surface area contributed by atoms with Gasteiger partial charge in [0.1, 0.15) is 11.8 Å². The highest BCUT2D eigenvalue weighted by Gasteiger charge is 2.40. The molecule has 0 aromatic heterocycles. The van der Waals surface area contributed by atoms with Crippen LogP contribution in [0.5, 0.6) is 17.2 Å². The molecule has 0 spiro atoms. The van der Waals surface area contributed by atoms with Gasteiger partial charge in [-0.15, -0.1) is 0 Å². The second-order valence-corrected chi connectivity index (χ2v) is 10.4. The van der Waals surface area contributed by atoms with Gasteiger partial charge in [0.15, 0.2) is 17.6 Å². The van der Waals surface area contributed by atoms with E-state index >= 15 is 0 Å². The fourth-order valence-corrected chi connectivity index (χ4v) is 6.27. The summed E-state index contributed by atoms with van der Waals surface area (Å²) in [5.41, 5.74) is 1.71. The number of ether oxygens (including phenoxy) is 3. The molecule has 2 amide bonds. The predicted octanol–water partition coefficient (Wildman–Crippen LogP) is 1.91. The van der Waals surface area contributed by atoms with Gasteiger partial charge in [-0.1, -0.05) is 6.07 Å². The molecule has 1 fully saturated rings. The van der Waals surface area contributed by atoms with Crippen LogP contribution in [0.4, 0.5) is 5.69 Å². The van der Waals surface area contributed by atoms with Crippen LogP contribution in [0.2, 0.25) is 0 Å². The van der Waals surface area contributed by atoms with Crippen molar-refractivity contribution in [2.45, 2.75) is 50.3 Å². The van der Waals surface area contributed by atoms with Crippen LogP contribution in [0.15, 0.2) is 35.2 Å². The number of nitrogens with zero attached hydrogens (tertiary/aromatic N) is 1. The number of amides is 2. The molecule has 0 aliphatic carbocycles. The van der Waals surface area contributed by atoms with Crippen molar-refractivity contribution in [1.29, 1.82) is 0 Å². The van der Waals surface area contributed by atoms with Gasteiger partial charge in [-0.05, 0) is 56.0 Å². The molecule has 0 radical (unpaired) electrons. The summed E-state index contributed by atoms with van der Waals surface area (Å²) in [6.45, 7) is 3.89. The van der Waals surface area contributed by atoms with E-state index < -0.39 is 22.2 Å². The highest BCUT2D eigenvalue weighted by atomic mass is 32.2. The fraction of sp³-hybridized carbons (Fsp3) is 0.391. The van der Waals surface area contributed by atoms with Crippen molar-refractivity contribution in [2.75, 3.05) is 18.7 Å². The average Bonchev–Trinajstić information content (AvgIpc) is 3.48. The molecule has 0 bridgehead atoms. The van der Waals surface area contributed by atoms with Gasteiger partial charge in [0.25, 0.3) is 5.91 Å². The number of benzene rings is 2. The highest BCUT2D eigenvalue weighted by Crippen LogP contribution is 2.37. The Balaban J connectivity index is 1.34. The summed E-state index contributed by atoms with van der Waals surface area (Å²) in [5.74, 6) is 0.918. The van der Waals surface area contributed by atoms with Gasteiger partial charge < -0.3 is 24.8 Å². The zero-order chi connectivity index (χ0) is 24.0. The second-order valence-electron chi connectivity index (χ2n) is 8.54. The van der Waals surface area contributed by atoms with E-state index in [0.29, 0.717) is 41.3 Å². The van der Waals surface area contributed by atoms with Crippen LogP contribution in [-0.2, 0) is 26.2 Å². The number of rotatable bonds is 5. The van der Waals surface area contributed by atoms with Gasteiger partial charge in [0, 0.05) is 19.2 Å². The van der Waals surface area contributed by atoms with Gasteiger partial charge >= 0.3 is 0 Å². The Morgan fingerprint density at radius 2 is 1.97 bits per heavy atom. The van der Waals surface area contributed by atoms with Gasteiger partial charge in [-0.3, -0.25) is 9.59 Å². The summed E-state index contributed by atoms with van der Waals surface area (Å²) in [6, 6.07) is 7.59. The average molecular weight is 488 g/mol. The van der Waals surface area contributed by atoms with Crippen molar-refractivity contribution in [3.8, 4) is 17.2 Å². The maximum atomic E-state index is 13.6. The van der Waals surface area contributed by atoms with Crippen LogP contribution in [0, 0.1) is 6.92 Å². The van der Waals surface area contributed by atoms with E-state index in [-0.39, 0.29) is 36.6 Å². The molecule has 2 aromatic rings. The molecule has 3 heterocycles. The number of anilines is 1. The van der Waals surface area contributed by atoms with Gasteiger partial charge in [-0.25, -0.2) is 8.42 Å². The zero-order valence-corrected chi connectivity index (χ0v) is 19.6. The summed E-state index contributed by atoms with van der Waals surface area (Å²) in [7, 11) is -3.98. The summed E-state index contributed by atoms with van der Waals surface area (Å²) in [4.78, 5) is 24.9. The van der Waals surface area contributed by atoms with Gasteiger partial charge in [0.2, 0.25) is 22.7 Å². The van der Waals surface area contributed by atoms with E-state index in [2.05, 4.69) is 10.6 Å². The maximum Gasteiger partial charge on any atom is 0.265 e. The Hall–Kier alpha value is -3.31. The number of carbonyl (C=O) groups is 2. The van der Waals surface area contributed by atoms with Crippen LogP contribution in [0.1, 0.15) is 30.9 Å². The zero-order valence-electron chi connectivity index (χ0n) is 18.8. The predicted molar refractivity (Wildman–Crippen MR) is 121 cm³/mol. The summed E-state index contributed by atoms with van der Waals surface area (Å²) in [6.07, 6.45) is 0.279. The van der Waals surface area contributed by atoms with Crippen molar-refractivity contribution in [1.82, 2.24) is 9.62 Å². The van der Waals surface area contributed by atoms with Gasteiger partial charge in [0.05, 0.1) is 10.6 Å². The molecule has 180 valence electrons. The van der Waals surface area contributed by atoms with Crippen LogP contribution >= 0.6 is 0 Å². The molecular formula is C23H25N3O7S. The third kappa shape index (κ3) is 3.94. The van der Waals surface area contributed by atoms with Gasteiger partial charge in [-0.2, -0.15) is 4.31 Å². The molecule has 3 aliphatic rings. The Kier molecular flexibility index (Phi) is 5.61. The number of hydrogen-bond donors (Lipinski definition) is 2. The standard InChI is InChI=1S/C23H25N3O7S/c1-13-8-16-19(33-14(2)22(27)25-16)10-21(13)34(29,30)26-7-3-4-17(26)23(28)24-11-15-5-6-18-20(9-15)32-12-31-18/h5-6,8-10,14,17H,3-4,7,11-12H2,1-2H3,(H,24,28)(H,25,27)/t14-,17+/m1/s1. The van der Waals surface area contributed by atoms with Crippen molar-refractivity contribution in [2.24, 2.45) is 0 Å².